The fourth-order valence-corrected chi connectivity index (χ4v) is 3.60. The van der Waals surface area contributed by atoms with Gasteiger partial charge in [-0.15, -0.1) is 0 Å². The van der Waals surface area contributed by atoms with Gasteiger partial charge in [-0.05, 0) is 19.9 Å². The van der Waals surface area contributed by atoms with E-state index in [9.17, 15) is 8.42 Å². The number of nitrogens with one attached hydrogen (secondary N) is 2. The van der Waals surface area contributed by atoms with Crippen LogP contribution in [0.5, 0.6) is 0 Å². The van der Waals surface area contributed by atoms with Crippen LogP contribution in [0.3, 0.4) is 0 Å². The second-order valence-corrected chi connectivity index (χ2v) is 6.32. The quantitative estimate of drug-likeness (QED) is 0.754. The molecule has 0 spiro atoms. The molecule has 1 aromatic rings. The maximum Gasteiger partial charge on any atom is 0.260 e. The standard InChI is InChI=1S/C9H16N4O2S/c1-9(2)7-10-5-6-13(9)16(14,15)8-3-4-11-12-8/h3-4,10H,5-7H2,1-2H3,(H,11,12). The van der Waals surface area contributed by atoms with Crippen molar-refractivity contribution in [2.75, 3.05) is 19.6 Å². The van der Waals surface area contributed by atoms with Crippen LogP contribution >= 0.6 is 0 Å². The molecule has 1 saturated heterocycles. The van der Waals surface area contributed by atoms with Gasteiger partial charge >= 0.3 is 0 Å². The van der Waals surface area contributed by atoms with Gasteiger partial charge in [0.1, 0.15) is 0 Å². The van der Waals surface area contributed by atoms with Crippen LogP contribution in [0.15, 0.2) is 17.3 Å². The summed E-state index contributed by atoms with van der Waals surface area (Å²) in [6.07, 6.45) is 1.45. The van der Waals surface area contributed by atoms with Gasteiger partial charge in [0.15, 0.2) is 5.03 Å². The lowest BCUT2D eigenvalue weighted by molar-refractivity contribution is 0.185. The summed E-state index contributed by atoms with van der Waals surface area (Å²) in [5.74, 6) is 0. The van der Waals surface area contributed by atoms with Gasteiger partial charge in [0, 0.05) is 25.2 Å². The van der Waals surface area contributed by atoms with E-state index >= 15 is 0 Å². The predicted octanol–water partition coefficient (Wildman–Crippen LogP) is -0.218. The van der Waals surface area contributed by atoms with Gasteiger partial charge in [0.2, 0.25) is 0 Å². The van der Waals surface area contributed by atoms with Crippen LogP contribution in [0, 0.1) is 0 Å². The lowest BCUT2D eigenvalue weighted by Crippen LogP contribution is -2.59. The van der Waals surface area contributed by atoms with Crippen molar-refractivity contribution in [3.8, 4) is 0 Å². The van der Waals surface area contributed by atoms with E-state index in [2.05, 4.69) is 15.5 Å². The lowest BCUT2D eigenvalue weighted by atomic mass is 10.0. The molecular weight excluding hydrogens is 228 g/mol. The van der Waals surface area contributed by atoms with E-state index in [1.165, 1.54) is 16.6 Å². The van der Waals surface area contributed by atoms with Crippen molar-refractivity contribution in [2.24, 2.45) is 0 Å². The highest BCUT2D eigenvalue weighted by molar-refractivity contribution is 7.89. The molecule has 2 heterocycles. The predicted molar refractivity (Wildman–Crippen MR) is 59.4 cm³/mol. The minimum Gasteiger partial charge on any atom is -0.314 e. The summed E-state index contributed by atoms with van der Waals surface area (Å²) < 4.78 is 26.1. The molecule has 0 amide bonds. The Morgan fingerprint density at radius 3 is 2.81 bits per heavy atom. The van der Waals surface area contributed by atoms with Gasteiger partial charge in [-0.25, -0.2) is 8.42 Å². The Morgan fingerprint density at radius 1 is 1.50 bits per heavy atom. The number of piperazine rings is 1. The molecule has 0 unspecified atom stereocenters. The SMILES string of the molecule is CC1(C)CNCCN1S(=O)(=O)c1ccn[nH]1. The van der Waals surface area contributed by atoms with Crippen LogP contribution in [0.2, 0.25) is 0 Å². The first kappa shape index (κ1) is 11.6. The maximum atomic E-state index is 12.3. The van der Waals surface area contributed by atoms with Crippen LogP contribution in [-0.4, -0.2) is 48.1 Å². The molecule has 0 atom stereocenters. The van der Waals surface area contributed by atoms with Crippen molar-refractivity contribution >= 4 is 10.0 Å². The summed E-state index contributed by atoms with van der Waals surface area (Å²) in [7, 11) is -3.45. The average molecular weight is 244 g/mol. The first-order valence-electron chi connectivity index (χ1n) is 5.17. The van der Waals surface area contributed by atoms with Crippen LogP contribution in [0.25, 0.3) is 0 Å². The number of nitrogens with zero attached hydrogens (tertiary/aromatic N) is 2. The first-order chi connectivity index (χ1) is 7.44. The van der Waals surface area contributed by atoms with E-state index in [-0.39, 0.29) is 5.03 Å². The molecule has 1 aliphatic rings. The lowest BCUT2D eigenvalue weighted by Gasteiger charge is -2.41. The number of sulfonamides is 1. The number of hydrogen-bond donors (Lipinski definition) is 2. The van der Waals surface area contributed by atoms with Crippen molar-refractivity contribution in [1.29, 1.82) is 0 Å². The van der Waals surface area contributed by atoms with E-state index < -0.39 is 15.6 Å². The molecule has 6 nitrogen and oxygen atoms in total. The zero-order valence-electron chi connectivity index (χ0n) is 9.40. The molecule has 0 aliphatic carbocycles. The Hall–Kier alpha value is -0.920. The summed E-state index contributed by atoms with van der Waals surface area (Å²) in [6, 6.07) is 1.48. The highest BCUT2D eigenvalue weighted by atomic mass is 32.2. The molecule has 90 valence electrons. The zero-order valence-corrected chi connectivity index (χ0v) is 10.2. The van der Waals surface area contributed by atoms with E-state index in [0.29, 0.717) is 19.6 Å². The monoisotopic (exact) mass is 244 g/mol. The average Bonchev–Trinajstić information content (AvgIpc) is 2.69. The molecule has 0 saturated carbocycles. The second-order valence-electron chi connectivity index (χ2n) is 4.49. The van der Waals surface area contributed by atoms with Gasteiger partial charge in [-0.3, -0.25) is 5.10 Å². The van der Waals surface area contributed by atoms with Gasteiger partial charge < -0.3 is 5.32 Å². The largest absolute Gasteiger partial charge is 0.314 e. The van der Waals surface area contributed by atoms with Gasteiger partial charge in [0.25, 0.3) is 10.0 Å². The number of rotatable bonds is 2. The van der Waals surface area contributed by atoms with Crippen LogP contribution < -0.4 is 5.32 Å². The minimum atomic E-state index is -3.45. The van der Waals surface area contributed by atoms with Crippen molar-refractivity contribution in [3.63, 3.8) is 0 Å². The molecule has 2 rings (SSSR count). The summed E-state index contributed by atoms with van der Waals surface area (Å²) in [5.41, 5.74) is -0.414. The topological polar surface area (TPSA) is 78.1 Å². The van der Waals surface area contributed by atoms with E-state index in [0.717, 1.165) is 0 Å². The maximum absolute atomic E-state index is 12.3. The van der Waals surface area contributed by atoms with Crippen molar-refractivity contribution < 1.29 is 8.42 Å². The van der Waals surface area contributed by atoms with E-state index in [1.54, 1.807) is 0 Å². The van der Waals surface area contributed by atoms with E-state index in [4.69, 9.17) is 0 Å². The highest BCUT2D eigenvalue weighted by Crippen LogP contribution is 2.24. The molecule has 16 heavy (non-hydrogen) atoms. The molecule has 1 aromatic heterocycles. The summed E-state index contributed by atoms with van der Waals surface area (Å²) in [5, 5.41) is 9.54. The van der Waals surface area contributed by atoms with Gasteiger partial charge in [-0.1, -0.05) is 0 Å². The molecule has 0 aromatic carbocycles. The Labute approximate surface area is 95.1 Å². The molecule has 0 radical (unpaired) electrons. The van der Waals surface area contributed by atoms with Crippen LogP contribution in [0.4, 0.5) is 0 Å². The summed E-state index contributed by atoms with van der Waals surface area (Å²) in [6.45, 7) is 5.63. The first-order valence-corrected chi connectivity index (χ1v) is 6.61. The zero-order chi connectivity index (χ0) is 11.8. The van der Waals surface area contributed by atoms with Crippen molar-refractivity contribution in [2.45, 2.75) is 24.4 Å². The fourth-order valence-electron chi connectivity index (χ4n) is 1.92. The van der Waals surface area contributed by atoms with Crippen molar-refractivity contribution in [1.82, 2.24) is 19.8 Å². The molecule has 7 heteroatoms. The Bertz CT molecular complexity index is 452. The molecular formula is C9H16N4O2S. The number of hydrogen-bond acceptors (Lipinski definition) is 4. The Kier molecular flexibility index (Phi) is 2.77. The fraction of sp³-hybridized carbons (Fsp3) is 0.667. The number of aromatic nitrogens is 2. The third kappa shape index (κ3) is 1.85. The third-order valence-corrected chi connectivity index (χ3v) is 4.81. The second kappa shape index (κ2) is 3.83. The van der Waals surface area contributed by atoms with Crippen molar-refractivity contribution in [3.05, 3.63) is 12.3 Å². The molecule has 1 fully saturated rings. The summed E-state index contributed by atoms with van der Waals surface area (Å²) >= 11 is 0. The summed E-state index contributed by atoms with van der Waals surface area (Å²) in [4.78, 5) is 0. The van der Waals surface area contributed by atoms with Gasteiger partial charge in [0.05, 0.1) is 6.20 Å². The normalized spacial score (nSPS) is 22.1. The minimum absolute atomic E-state index is 0.155. The third-order valence-electron chi connectivity index (χ3n) is 2.77. The van der Waals surface area contributed by atoms with Crippen LogP contribution in [-0.2, 0) is 10.0 Å². The Balaban J connectivity index is 2.37. The molecule has 2 N–H and O–H groups in total. The number of aromatic amines is 1. The smallest absolute Gasteiger partial charge is 0.260 e. The van der Waals surface area contributed by atoms with Crippen LogP contribution in [0.1, 0.15) is 13.8 Å². The van der Waals surface area contributed by atoms with Gasteiger partial charge in [-0.2, -0.15) is 9.40 Å². The number of H-pyrrole nitrogens is 1. The Morgan fingerprint density at radius 2 is 2.25 bits per heavy atom. The highest BCUT2D eigenvalue weighted by Gasteiger charge is 2.39. The molecule has 1 aliphatic heterocycles. The van der Waals surface area contributed by atoms with E-state index in [1.807, 2.05) is 13.8 Å². The molecule has 0 bridgehead atoms.